The Morgan fingerprint density at radius 2 is 1.97 bits per heavy atom. The lowest BCUT2D eigenvalue weighted by Crippen LogP contribution is -2.13. The van der Waals surface area contributed by atoms with Crippen LogP contribution in [0.5, 0.6) is 0 Å². The van der Waals surface area contributed by atoms with Crippen LogP contribution in [-0.4, -0.2) is 31.9 Å². The van der Waals surface area contributed by atoms with Crippen molar-refractivity contribution in [2.45, 2.75) is 52.5 Å². The van der Waals surface area contributed by atoms with Crippen LogP contribution in [-0.2, 0) is 19.4 Å². The van der Waals surface area contributed by atoms with Gasteiger partial charge in [-0.2, -0.15) is 0 Å². The van der Waals surface area contributed by atoms with Crippen molar-refractivity contribution < 1.29 is 0 Å². The number of benzene rings is 1. The van der Waals surface area contributed by atoms with Crippen LogP contribution in [0.4, 0.5) is 0 Å². The molecule has 5 rings (SSSR count). The maximum Gasteiger partial charge on any atom is 0.125 e. The highest BCUT2D eigenvalue weighted by atomic mass is 31.0. The Morgan fingerprint density at radius 3 is 2.59 bits per heavy atom. The van der Waals surface area contributed by atoms with Crippen LogP contribution in [0.15, 0.2) is 67.2 Å². The third kappa shape index (κ3) is 6.55. The van der Waals surface area contributed by atoms with Crippen molar-refractivity contribution >= 4 is 43.1 Å². The molecule has 0 fully saturated rings. The molecule has 4 aromatic rings. The zero-order chi connectivity index (χ0) is 27.8. The lowest BCUT2D eigenvalue weighted by atomic mass is 9.86. The van der Waals surface area contributed by atoms with Crippen molar-refractivity contribution in [1.29, 1.82) is 5.41 Å². The molecule has 39 heavy (non-hydrogen) atoms. The van der Waals surface area contributed by atoms with Gasteiger partial charge in [-0.25, -0.2) is 9.97 Å². The Bertz CT molecular complexity index is 1500. The fourth-order valence-corrected chi connectivity index (χ4v) is 5.00. The second kappa shape index (κ2) is 13.2. The fraction of sp³-hybridized carbons (Fsp3) is 0.258. The van der Waals surface area contributed by atoms with Gasteiger partial charge in [-0.1, -0.05) is 26.1 Å². The van der Waals surface area contributed by atoms with E-state index in [1.807, 2.05) is 31.3 Å². The Balaban J connectivity index is 0.000000448. The van der Waals surface area contributed by atoms with Crippen LogP contribution < -0.4 is 10.6 Å². The summed E-state index contributed by atoms with van der Waals surface area (Å²) in [5, 5.41) is 13.4. The van der Waals surface area contributed by atoms with Crippen molar-refractivity contribution in [3.63, 3.8) is 0 Å². The zero-order valence-corrected chi connectivity index (χ0v) is 23.9. The molecular formula is C31H36N7P. The summed E-state index contributed by atoms with van der Waals surface area (Å²) in [4.78, 5) is 21.0. The first kappa shape index (κ1) is 28.1. The van der Waals surface area contributed by atoms with Gasteiger partial charge in [0.05, 0.1) is 23.4 Å². The van der Waals surface area contributed by atoms with Gasteiger partial charge in [0.15, 0.2) is 0 Å². The van der Waals surface area contributed by atoms with Crippen LogP contribution in [0, 0.1) is 5.41 Å². The van der Waals surface area contributed by atoms with E-state index in [2.05, 4.69) is 55.7 Å². The topological polar surface area (TPSA) is 103 Å². The van der Waals surface area contributed by atoms with E-state index in [1.165, 1.54) is 17.3 Å². The molecule has 0 spiro atoms. The number of hydrogen-bond donors (Lipinski definition) is 3. The first-order valence-electron chi connectivity index (χ1n) is 13.2. The van der Waals surface area contributed by atoms with Gasteiger partial charge in [-0.05, 0) is 73.7 Å². The molecule has 1 atom stereocenters. The number of nitrogens with one attached hydrogen (secondary N) is 3. The maximum atomic E-state index is 7.95. The van der Waals surface area contributed by atoms with Gasteiger partial charge >= 0.3 is 0 Å². The molecule has 3 N–H and O–H groups in total. The van der Waals surface area contributed by atoms with Crippen molar-refractivity contribution in [2.24, 2.45) is 4.99 Å². The number of rotatable bonds is 8. The molecule has 0 aliphatic heterocycles. The first-order valence-corrected chi connectivity index (χ1v) is 13.8. The monoisotopic (exact) mass is 537 g/mol. The lowest BCUT2D eigenvalue weighted by Gasteiger charge is -2.22. The van der Waals surface area contributed by atoms with Crippen LogP contribution in [0.3, 0.4) is 0 Å². The average molecular weight is 538 g/mol. The Labute approximate surface area is 232 Å². The first-order chi connectivity index (χ1) is 19.0. The highest BCUT2D eigenvalue weighted by Gasteiger charge is 2.22. The highest BCUT2D eigenvalue weighted by Crippen LogP contribution is 2.35. The molecule has 0 radical (unpaired) electrons. The summed E-state index contributed by atoms with van der Waals surface area (Å²) in [6, 6.07) is 8.14. The van der Waals surface area contributed by atoms with E-state index in [9.17, 15) is 0 Å². The van der Waals surface area contributed by atoms with Gasteiger partial charge in [-0.3, -0.25) is 9.98 Å². The Hall–Kier alpha value is -3.96. The van der Waals surface area contributed by atoms with Gasteiger partial charge in [0.1, 0.15) is 5.82 Å². The number of pyridine rings is 2. The summed E-state index contributed by atoms with van der Waals surface area (Å²) >= 11 is 0. The van der Waals surface area contributed by atoms with Gasteiger partial charge < -0.3 is 15.7 Å². The number of fused-ring (bicyclic) bond motifs is 3. The van der Waals surface area contributed by atoms with Gasteiger partial charge in [0.2, 0.25) is 0 Å². The summed E-state index contributed by atoms with van der Waals surface area (Å²) in [6.45, 7) is 12.2. The number of nitrogens with zero attached hydrogens (tertiary/aromatic N) is 4. The van der Waals surface area contributed by atoms with Gasteiger partial charge in [-0.15, -0.1) is 9.24 Å². The lowest BCUT2D eigenvalue weighted by molar-refractivity contribution is 0.688. The molecule has 1 aromatic carbocycles. The smallest absolute Gasteiger partial charge is 0.125 e. The summed E-state index contributed by atoms with van der Waals surface area (Å²) in [7, 11) is 2.75. The third-order valence-electron chi connectivity index (χ3n) is 6.89. The molecule has 0 amide bonds. The molecule has 1 unspecified atom stereocenters. The minimum atomic E-state index is 0.584. The molecule has 0 saturated heterocycles. The van der Waals surface area contributed by atoms with E-state index in [-0.39, 0.29) is 0 Å². The largest absolute Gasteiger partial charge is 0.378 e. The minimum absolute atomic E-state index is 0.584. The van der Waals surface area contributed by atoms with Crippen LogP contribution >= 0.6 is 9.24 Å². The number of aromatic nitrogens is 4. The molecule has 1 aliphatic rings. The van der Waals surface area contributed by atoms with Crippen molar-refractivity contribution in [2.75, 3.05) is 0 Å². The molecule has 0 saturated carbocycles. The highest BCUT2D eigenvalue weighted by molar-refractivity contribution is 7.27. The van der Waals surface area contributed by atoms with Crippen LogP contribution in [0.1, 0.15) is 61.2 Å². The number of imidazole rings is 1. The predicted molar refractivity (Wildman–Crippen MR) is 167 cm³/mol. The Kier molecular flexibility index (Phi) is 9.50. The molecule has 200 valence electrons. The minimum Gasteiger partial charge on any atom is -0.378 e. The van der Waals surface area contributed by atoms with Crippen molar-refractivity contribution in [3.8, 4) is 11.4 Å². The van der Waals surface area contributed by atoms with E-state index in [1.54, 1.807) is 18.6 Å². The zero-order valence-electron chi connectivity index (χ0n) is 22.7. The molecule has 8 heteroatoms. The van der Waals surface area contributed by atoms with E-state index < -0.39 is 0 Å². The molecule has 7 nitrogen and oxygen atoms in total. The molecule has 0 bridgehead atoms. The number of aryl methyl sites for hydroxylation is 1. The van der Waals surface area contributed by atoms with Gasteiger partial charge in [0.25, 0.3) is 0 Å². The number of aromatic amines is 1. The second-order valence-corrected chi connectivity index (χ2v) is 10.1. The normalized spacial score (nSPS) is 12.7. The number of hydrogen-bond acceptors (Lipinski definition) is 6. The summed E-state index contributed by atoms with van der Waals surface area (Å²) in [5.41, 5.74) is 9.19. The summed E-state index contributed by atoms with van der Waals surface area (Å²) in [5.74, 6) is 0.862. The number of H-pyrrole nitrogens is 1. The van der Waals surface area contributed by atoms with E-state index in [0.717, 1.165) is 88.1 Å². The fourth-order valence-electron chi connectivity index (χ4n) is 4.68. The quantitative estimate of drug-likeness (QED) is 0.185. The van der Waals surface area contributed by atoms with Crippen LogP contribution in [0.2, 0.25) is 0 Å². The molecule has 3 heterocycles. The molecule has 1 aliphatic carbocycles. The predicted octanol–water partition coefficient (Wildman–Crippen LogP) is 6.16. The number of aliphatic imine (C=N–C) groups is 1. The third-order valence-corrected chi connectivity index (χ3v) is 7.39. The van der Waals surface area contributed by atoms with E-state index >= 15 is 0 Å². The maximum absolute atomic E-state index is 7.95. The summed E-state index contributed by atoms with van der Waals surface area (Å²) < 4.78 is 0. The van der Waals surface area contributed by atoms with Crippen molar-refractivity contribution in [3.05, 3.63) is 90.3 Å². The van der Waals surface area contributed by atoms with E-state index in [4.69, 9.17) is 15.4 Å². The molecule has 3 aromatic heterocycles. The SMILES string of the molecule is C=C(NCc1ncc[nH]1)c1ccc(-c2nc3ccc(P)c(C=N)c3c3c2CCCC3)nc1.C=CN=C(C)CC. The summed E-state index contributed by atoms with van der Waals surface area (Å²) in [6.07, 6.45) is 13.8. The Morgan fingerprint density at radius 1 is 1.18 bits per heavy atom. The van der Waals surface area contributed by atoms with E-state index in [0.29, 0.717) is 6.54 Å². The second-order valence-electron chi connectivity index (χ2n) is 9.43. The van der Waals surface area contributed by atoms with Crippen LogP contribution in [0.25, 0.3) is 28.0 Å². The van der Waals surface area contributed by atoms with Crippen molar-refractivity contribution in [1.82, 2.24) is 25.3 Å². The van der Waals surface area contributed by atoms with Gasteiger partial charge in [0, 0.05) is 58.9 Å². The standard InChI is InChI=1S/C25H25N6P.C6H11N/c1-15(29-14-23-27-10-11-28-23)16-6-7-21(30-13-16)25-18-5-3-2-4-17(18)24-19(12-26)22(32)9-8-20(24)31-25;1-4-6(3)7-5-2/h6-13,26,29H,1-5,14,32H2,(H,27,28);5H,2,4H2,1,3H3. The average Bonchev–Trinajstić information content (AvgIpc) is 3.50. The molecular weight excluding hydrogens is 501 g/mol.